The van der Waals surface area contributed by atoms with Crippen LogP contribution in [0.3, 0.4) is 0 Å². The second-order valence-electron chi connectivity index (χ2n) is 9.21. The van der Waals surface area contributed by atoms with E-state index in [1.54, 1.807) is 41.7 Å². The highest BCUT2D eigenvalue weighted by molar-refractivity contribution is 7.87. The predicted octanol–water partition coefficient (Wildman–Crippen LogP) is 4.57. The van der Waals surface area contributed by atoms with Gasteiger partial charge in [0.05, 0.1) is 34.8 Å². The van der Waals surface area contributed by atoms with Crippen LogP contribution in [-0.2, 0) is 10.1 Å². The number of nitro benzene ring substituents is 1. The van der Waals surface area contributed by atoms with E-state index in [1.165, 1.54) is 48.5 Å². The molecular weight excluding hydrogens is 534 g/mol. The fourth-order valence-electron chi connectivity index (χ4n) is 4.65. The number of likely N-dealkylation sites (tertiary alicyclic amines) is 1. The van der Waals surface area contributed by atoms with Crippen LogP contribution in [0.5, 0.6) is 5.75 Å². The lowest BCUT2D eigenvalue weighted by atomic mass is 10.0. The number of nitro groups is 1. The number of nitrogens with zero attached hydrogens (tertiary/aromatic N) is 5. The normalized spacial score (nSPS) is 13.9. The first-order chi connectivity index (χ1) is 19.2. The zero-order chi connectivity index (χ0) is 28.3. The number of nitriles is 1. The molecule has 1 fully saturated rings. The summed E-state index contributed by atoms with van der Waals surface area (Å²) in [5.74, 6) is -0.0284. The van der Waals surface area contributed by atoms with Crippen LogP contribution in [0.4, 0.5) is 5.69 Å². The first-order valence-corrected chi connectivity index (χ1v) is 13.8. The third-order valence-corrected chi connectivity index (χ3v) is 7.99. The molecule has 0 N–H and O–H groups in total. The molecule has 2 heterocycles. The first-order valence-electron chi connectivity index (χ1n) is 12.4. The van der Waals surface area contributed by atoms with E-state index in [-0.39, 0.29) is 33.8 Å². The maximum Gasteiger partial charge on any atom is 0.339 e. The van der Waals surface area contributed by atoms with Gasteiger partial charge in [0.25, 0.3) is 11.6 Å². The molecule has 3 aromatic carbocycles. The van der Waals surface area contributed by atoms with Crippen molar-refractivity contribution in [1.29, 1.82) is 5.26 Å². The second-order valence-corrected chi connectivity index (χ2v) is 10.8. The summed E-state index contributed by atoms with van der Waals surface area (Å²) in [5, 5.41) is 19.9. The minimum absolute atomic E-state index is 0.0606. The Morgan fingerprint density at radius 2 is 1.75 bits per heavy atom. The molecule has 0 spiro atoms. The van der Waals surface area contributed by atoms with Crippen molar-refractivity contribution in [2.24, 2.45) is 0 Å². The van der Waals surface area contributed by atoms with Crippen molar-refractivity contribution in [3.63, 3.8) is 0 Å². The highest BCUT2D eigenvalue weighted by Gasteiger charge is 2.26. The summed E-state index contributed by atoms with van der Waals surface area (Å²) in [6.07, 6.45) is 4.87. The minimum Gasteiger partial charge on any atom is -0.379 e. The lowest BCUT2D eigenvalue weighted by molar-refractivity contribution is -0.384. The van der Waals surface area contributed by atoms with Crippen molar-refractivity contribution in [2.75, 3.05) is 13.1 Å². The molecule has 1 aliphatic rings. The summed E-state index contributed by atoms with van der Waals surface area (Å²) < 4.78 is 32.6. The Hall–Kier alpha value is -5.02. The molecule has 1 saturated heterocycles. The van der Waals surface area contributed by atoms with Gasteiger partial charge in [-0.1, -0.05) is 6.07 Å². The highest BCUT2D eigenvalue weighted by Crippen LogP contribution is 2.31. The number of aromatic nitrogens is 2. The third-order valence-electron chi connectivity index (χ3n) is 6.74. The Morgan fingerprint density at radius 3 is 2.40 bits per heavy atom. The van der Waals surface area contributed by atoms with E-state index in [0.29, 0.717) is 31.5 Å². The number of imidazole rings is 1. The first kappa shape index (κ1) is 26.6. The molecule has 12 heteroatoms. The summed E-state index contributed by atoms with van der Waals surface area (Å²) in [6, 6.07) is 19.9. The zero-order valence-corrected chi connectivity index (χ0v) is 21.9. The molecule has 0 radical (unpaired) electrons. The Labute approximate surface area is 230 Å². The third kappa shape index (κ3) is 5.55. The fraction of sp³-hybridized carbons (Fsp3) is 0.179. The van der Waals surface area contributed by atoms with E-state index in [1.807, 2.05) is 10.6 Å². The molecule has 202 valence electrons. The van der Waals surface area contributed by atoms with E-state index >= 15 is 0 Å². The average molecular weight is 558 g/mol. The monoisotopic (exact) mass is 557 g/mol. The van der Waals surface area contributed by atoms with Crippen LogP contribution in [0.2, 0.25) is 0 Å². The van der Waals surface area contributed by atoms with Gasteiger partial charge in [-0.2, -0.15) is 13.7 Å². The van der Waals surface area contributed by atoms with Crippen LogP contribution in [-0.4, -0.2) is 46.8 Å². The van der Waals surface area contributed by atoms with Gasteiger partial charge in [0.15, 0.2) is 0 Å². The van der Waals surface area contributed by atoms with Crippen molar-refractivity contribution in [3.8, 4) is 23.1 Å². The number of benzene rings is 3. The molecule has 5 rings (SSSR count). The summed E-state index contributed by atoms with van der Waals surface area (Å²) in [5.41, 5.74) is 2.23. The van der Waals surface area contributed by atoms with Gasteiger partial charge in [0.1, 0.15) is 10.6 Å². The highest BCUT2D eigenvalue weighted by atomic mass is 32.2. The quantitative estimate of drug-likeness (QED) is 0.182. The van der Waals surface area contributed by atoms with Crippen LogP contribution in [0.15, 0.2) is 90.2 Å². The Bertz CT molecular complexity index is 1700. The standard InChI is InChI=1S/C28H23N5O6S/c29-17-20-2-1-3-26(16-20)40(37,38)39-25-10-6-21(7-11-25)27-18-30-19-32(27)23-12-14-31(15-13-23)28(34)22-4-8-24(9-5-22)33(35)36/h1-11,16,18-19,23H,12-15H2. The van der Waals surface area contributed by atoms with Crippen LogP contribution in [0.25, 0.3) is 11.3 Å². The number of amides is 1. The molecule has 0 atom stereocenters. The number of hydrogen-bond acceptors (Lipinski definition) is 8. The molecule has 0 unspecified atom stereocenters. The number of carbonyl (C=O) groups excluding carboxylic acids is 1. The van der Waals surface area contributed by atoms with Gasteiger partial charge in [0, 0.05) is 42.4 Å². The van der Waals surface area contributed by atoms with Crippen molar-refractivity contribution in [2.45, 2.75) is 23.8 Å². The topological polar surface area (TPSA) is 148 Å². The molecule has 1 amide bonds. The SMILES string of the molecule is N#Cc1cccc(S(=O)(=O)Oc2ccc(-c3cncn3C3CCN(C(=O)c4ccc([N+](=O)[O-])cc4)CC3)cc2)c1. The van der Waals surface area contributed by atoms with Crippen LogP contribution < -0.4 is 4.18 Å². The minimum atomic E-state index is -4.11. The Morgan fingerprint density at radius 1 is 1.05 bits per heavy atom. The number of carbonyl (C=O) groups is 1. The molecule has 0 saturated carbocycles. The van der Waals surface area contributed by atoms with Gasteiger partial charge < -0.3 is 13.7 Å². The Balaban J connectivity index is 1.24. The predicted molar refractivity (Wildman–Crippen MR) is 144 cm³/mol. The van der Waals surface area contributed by atoms with Gasteiger partial charge in [-0.15, -0.1) is 0 Å². The van der Waals surface area contributed by atoms with Crippen molar-refractivity contribution in [1.82, 2.24) is 14.5 Å². The Kier molecular flexibility index (Phi) is 7.31. The van der Waals surface area contributed by atoms with Crippen molar-refractivity contribution < 1.29 is 22.3 Å². The van der Waals surface area contributed by atoms with Crippen LogP contribution in [0, 0.1) is 21.4 Å². The molecule has 4 aromatic rings. The molecule has 0 bridgehead atoms. The maximum absolute atomic E-state index is 12.9. The fourth-order valence-corrected chi connectivity index (χ4v) is 5.63. The molecule has 40 heavy (non-hydrogen) atoms. The number of rotatable bonds is 7. The van der Waals surface area contributed by atoms with Gasteiger partial charge in [-0.05, 0) is 67.4 Å². The molecular formula is C28H23N5O6S. The van der Waals surface area contributed by atoms with Crippen LogP contribution >= 0.6 is 0 Å². The van der Waals surface area contributed by atoms with Gasteiger partial charge >= 0.3 is 10.1 Å². The van der Waals surface area contributed by atoms with E-state index in [0.717, 1.165) is 11.3 Å². The lowest BCUT2D eigenvalue weighted by Crippen LogP contribution is -2.39. The van der Waals surface area contributed by atoms with E-state index in [9.17, 15) is 23.3 Å². The maximum atomic E-state index is 12.9. The largest absolute Gasteiger partial charge is 0.379 e. The van der Waals surface area contributed by atoms with Crippen molar-refractivity contribution in [3.05, 3.63) is 107 Å². The number of non-ortho nitro benzene ring substituents is 1. The summed E-state index contributed by atoms with van der Waals surface area (Å²) in [7, 11) is -4.11. The molecule has 0 aliphatic carbocycles. The summed E-state index contributed by atoms with van der Waals surface area (Å²) in [4.78, 5) is 29.2. The summed E-state index contributed by atoms with van der Waals surface area (Å²) >= 11 is 0. The lowest BCUT2D eigenvalue weighted by Gasteiger charge is -2.33. The average Bonchev–Trinajstić information content (AvgIpc) is 3.47. The van der Waals surface area contributed by atoms with Gasteiger partial charge in [-0.3, -0.25) is 14.9 Å². The van der Waals surface area contributed by atoms with Crippen molar-refractivity contribution >= 4 is 21.7 Å². The molecule has 11 nitrogen and oxygen atoms in total. The van der Waals surface area contributed by atoms with E-state index < -0.39 is 15.0 Å². The second kappa shape index (κ2) is 11.0. The van der Waals surface area contributed by atoms with Crippen LogP contribution in [0.1, 0.15) is 34.8 Å². The summed E-state index contributed by atoms with van der Waals surface area (Å²) in [6.45, 7) is 1.05. The van der Waals surface area contributed by atoms with E-state index in [4.69, 9.17) is 9.44 Å². The van der Waals surface area contributed by atoms with Gasteiger partial charge in [0.2, 0.25) is 0 Å². The number of hydrogen-bond donors (Lipinski definition) is 0. The molecule has 1 aromatic heterocycles. The smallest absolute Gasteiger partial charge is 0.339 e. The zero-order valence-electron chi connectivity index (χ0n) is 21.1. The van der Waals surface area contributed by atoms with E-state index in [2.05, 4.69) is 4.98 Å². The molecule has 1 aliphatic heterocycles. The number of piperidine rings is 1. The van der Waals surface area contributed by atoms with Gasteiger partial charge in [-0.25, -0.2) is 4.98 Å².